The molecule has 1 aliphatic heterocycles. The van der Waals surface area contributed by atoms with Gasteiger partial charge in [-0.1, -0.05) is 0 Å². The number of fused-ring (bicyclic) bond motifs is 2. The maximum Gasteiger partial charge on any atom is 0.137 e. The summed E-state index contributed by atoms with van der Waals surface area (Å²) >= 11 is 0. The van der Waals surface area contributed by atoms with Gasteiger partial charge < -0.3 is 18.8 Å². The second-order valence-corrected chi connectivity index (χ2v) is 6.86. The van der Waals surface area contributed by atoms with Crippen molar-refractivity contribution in [2.24, 2.45) is 0 Å². The average molecular weight is 349 g/mol. The smallest absolute Gasteiger partial charge is 0.137 e. The Morgan fingerprint density at radius 1 is 1.04 bits per heavy atom. The van der Waals surface area contributed by atoms with Crippen molar-refractivity contribution in [3.63, 3.8) is 0 Å². The van der Waals surface area contributed by atoms with Gasteiger partial charge >= 0.3 is 0 Å². The predicted molar refractivity (Wildman–Crippen MR) is 105 cm³/mol. The minimum atomic E-state index is 0.390. The minimum Gasteiger partial charge on any atom is -0.497 e. The van der Waals surface area contributed by atoms with E-state index in [9.17, 15) is 0 Å². The summed E-state index contributed by atoms with van der Waals surface area (Å²) in [6, 6.07) is 14.5. The number of rotatable bonds is 4. The number of hydrogen-bond acceptors (Lipinski definition) is 4. The summed E-state index contributed by atoms with van der Waals surface area (Å²) in [4.78, 5) is 2.34. The van der Waals surface area contributed by atoms with E-state index >= 15 is 0 Å². The standard InChI is InChI=1S/C22H23NO3/c1-14(2)23-10-9-21(19-8-7-17(24-4)12-20(19)23)26-18-6-5-16-11-15(3)25-22(16)13-18/h5-9,11-14H,10H2,1-4H3. The van der Waals surface area contributed by atoms with Crippen molar-refractivity contribution < 1.29 is 13.9 Å². The van der Waals surface area contributed by atoms with E-state index in [1.165, 1.54) is 0 Å². The molecule has 0 radical (unpaired) electrons. The molecule has 3 aromatic rings. The predicted octanol–water partition coefficient (Wildman–Crippen LogP) is 5.40. The van der Waals surface area contributed by atoms with E-state index < -0.39 is 0 Å². The van der Waals surface area contributed by atoms with Crippen LogP contribution in [0.2, 0.25) is 0 Å². The monoisotopic (exact) mass is 349 g/mol. The number of benzene rings is 2. The van der Waals surface area contributed by atoms with Gasteiger partial charge in [0.1, 0.15) is 28.6 Å². The van der Waals surface area contributed by atoms with Crippen molar-refractivity contribution in [3.8, 4) is 11.5 Å². The molecule has 1 aliphatic rings. The topological polar surface area (TPSA) is 34.8 Å². The lowest BCUT2D eigenvalue weighted by Gasteiger charge is -2.34. The first-order valence-electron chi connectivity index (χ1n) is 8.88. The molecule has 4 rings (SSSR count). The lowest BCUT2D eigenvalue weighted by atomic mass is 10.0. The molecular weight excluding hydrogens is 326 g/mol. The van der Waals surface area contributed by atoms with E-state index in [0.717, 1.165) is 51.8 Å². The van der Waals surface area contributed by atoms with Gasteiger partial charge in [0.05, 0.1) is 12.8 Å². The van der Waals surface area contributed by atoms with E-state index in [2.05, 4.69) is 37.0 Å². The molecule has 4 nitrogen and oxygen atoms in total. The first kappa shape index (κ1) is 16.6. The van der Waals surface area contributed by atoms with Gasteiger partial charge in [0.15, 0.2) is 0 Å². The molecule has 0 saturated carbocycles. The molecule has 0 fully saturated rings. The summed E-state index contributed by atoms with van der Waals surface area (Å²) in [5, 5.41) is 1.09. The Labute approximate surface area is 153 Å². The van der Waals surface area contributed by atoms with Gasteiger partial charge in [-0.3, -0.25) is 0 Å². The van der Waals surface area contributed by atoms with Crippen LogP contribution in [0.25, 0.3) is 16.7 Å². The van der Waals surface area contributed by atoms with Crippen LogP contribution in [-0.4, -0.2) is 19.7 Å². The van der Waals surface area contributed by atoms with Crippen molar-refractivity contribution in [1.82, 2.24) is 0 Å². The van der Waals surface area contributed by atoms with E-state index in [4.69, 9.17) is 13.9 Å². The Hall–Kier alpha value is -2.88. The van der Waals surface area contributed by atoms with Crippen LogP contribution < -0.4 is 14.4 Å². The molecule has 0 saturated heterocycles. The second-order valence-electron chi connectivity index (χ2n) is 6.86. The summed E-state index contributed by atoms with van der Waals surface area (Å²) < 4.78 is 17.4. The summed E-state index contributed by atoms with van der Waals surface area (Å²) in [5.74, 6) is 3.39. The molecule has 0 amide bonds. The quantitative estimate of drug-likeness (QED) is 0.632. The van der Waals surface area contributed by atoms with Gasteiger partial charge in [0.2, 0.25) is 0 Å². The number of furan rings is 1. The highest BCUT2D eigenvalue weighted by Gasteiger charge is 2.23. The Balaban J connectivity index is 1.70. The van der Waals surface area contributed by atoms with Crippen LogP contribution >= 0.6 is 0 Å². The highest BCUT2D eigenvalue weighted by Crippen LogP contribution is 2.37. The Bertz CT molecular complexity index is 984. The molecule has 134 valence electrons. The van der Waals surface area contributed by atoms with E-state index in [-0.39, 0.29) is 0 Å². The maximum atomic E-state index is 6.23. The first-order chi connectivity index (χ1) is 12.5. The molecule has 4 heteroatoms. The van der Waals surface area contributed by atoms with Crippen LogP contribution in [-0.2, 0) is 0 Å². The molecule has 26 heavy (non-hydrogen) atoms. The SMILES string of the molecule is COc1ccc2c(c1)N(C(C)C)CC=C2Oc1ccc2cc(C)oc2c1. The Morgan fingerprint density at radius 2 is 1.85 bits per heavy atom. The summed E-state index contributed by atoms with van der Waals surface area (Å²) in [6.07, 6.45) is 2.13. The zero-order valence-electron chi connectivity index (χ0n) is 15.6. The molecule has 2 heterocycles. The lowest BCUT2D eigenvalue weighted by Crippen LogP contribution is -2.34. The zero-order chi connectivity index (χ0) is 18.3. The number of hydrogen-bond donors (Lipinski definition) is 0. The largest absolute Gasteiger partial charge is 0.497 e. The highest BCUT2D eigenvalue weighted by atomic mass is 16.5. The molecule has 0 spiro atoms. The van der Waals surface area contributed by atoms with Gasteiger partial charge in [0, 0.05) is 35.7 Å². The van der Waals surface area contributed by atoms with Crippen molar-refractivity contribution in [1.29, 1.82) is 0 Å². The van der Waals surface area contributed by atoms with Crippen molar-refractivity contribution >= 4 is 22.4 Å². The highest BCUT2D eigenvalue weighted by molar-refractivity contribution is 5.82. The van der Waals surface area contributed by atoms with Crippen LogP contribution in [0.5, 0.6) is 11.5 Å². The lowest BCUT2D eigenvalue weighted by molar-refractivity contribution is 0.414. The summed E-state index contributed by atoms with van der Waals surface area (Å²) in [6.45, 7) is 7.13. The Morgan fingerprint density at radius 3 is 2.62 bits per heavy atom. The Kier molecular flexibility index (Phi) is 4.11. The number of methoxy groups -OCH3 is 1. The van der Waals surface area contributed by atoms with Gasteiger partial charge in [-0.25, -0.2) is 0 Å². The number of anilines is 1. The zero-order valence-corrected chi connectivity index (χ0v) is 15.6. The molecule has 0 N–H and O–H groups in total. The van der Waals surface area contributed by atoms with E-state index in [1.54, 1.807) is 7.11 Å². The van der Waals surface area contributed by atoms with Gasteiger partial charge in [-0.05, 0) is 57.2 Å². The summed E-state index contributed by atoms with van der Waals surface area (Å²) in [7, 11) is 1.69. The molecule has 1 aromatic heterocycles. The molecule has 0 atom stereocenters. The van der Waals surface area contributed by atoms with Crippen molar-refractivity contribution in [2.45, 2.75) is 26.8 Å². The molecular formula is C22H23NO3. The van der Waals surface area contributed by atoms with Gasteiger partial charge in [-0.2, -0.15) is 0 Å². The number of ether oxygens (including phenoxy) is 2. The molecule has 0 bridgehead atoms. The molecule has 0 unspecified atom stereocenters. The van der Waals surface area contributed by atoms with Crippen LogP contribution in [0.15, 0.2) is 53.0 Å². The minimum absolute atomic E-state index is 0.390. The summed E-state index contributed by atoms with van der Waals surface area (Å²) in [5.41, 5.74) is 3.04. The normalized spacial score (nSPS) is 13.7. The number of nitrogens with zero attached hydrogens (tertiary/aromatic N) is 1. The number of aryl methyl sites for hydroxylation is 1. The van der Waals surface area contributed by atoms with Gasteiger partial charge in [0.25, 0.3) is 0 Å². The fourth-order valence-corrected chi connectivity index (χ4v) is 3.39. The maximum absolute atomic E-state index is 6.23. The fourth-order valence-electron chi connectivity index (χ4n) is 3.39. The first-order valence-corrected chi connectivity index (χ1v) is 8.88. The van der Waals surface area contributed by atoms with Crippen LogP contribution in [0, 0.1) is 6.92 Å². The fraction of sp³-hybridized carbons (Fsp3) is 0.273. The third-order valence-electron chi connectivity index (χ3n) is 4.72. The third-order valence-corrected chi connectivity index (χ3v) is 4.72. The van der Waals surface area contributed by atoms with Crippen LogP contribution in [0.3, 0.4) is 0 Å². The van der Waals surface area contributed by atoms with E-state index in [1.807, 2.05) is 37.3 Å². The van der Waals surface area contributed by atoms with Crippen molar-refractivity contribution in [3.05, 3.63) is 59.9 Å². The second kappa shape index (κ2) is 6.45. The molecule has 2 aromatic carbocycles. The third kappa shape index (κ3) is 2.92. The van der Waals surface area contributed by atoms with E-state index in [0.29, 0.717) is 6.04 Å². The van der Waals surface area contributed by atoms with Crippen LogP contribution in [0.4, 0.5) is 5.69 Å². The average Bonchev–Trinajstić information content (AvgIpc) is 3.00. The molecule has 0 aliphatic carbocycles. The van der Waals surface area contributed by atoms with Crippen LogP contribution in [0.1, 0.15) is 25.2 Å². The van der Waals surface area contributed by atoms with Gasteiger partial charge in [-0.15, -0.1) is 0 Å². The van der Waals surface area contributed by atoms with Crippen molar-refractivity contribution in [2.75, 3.05) is 18.6 Å².